The fraction of sp³-hybridized carbons (Fsp3) is 0. The van der Waals surface area contributed by atoms with Crippen molar-refractivity contribution in [1.82, 2.24) is 4.98 Å². The summed E-state index contributed by atoms with van der Waals surface area (Å²) in [7, 11) is 0. The molecule has 0 aliphatic rings. The number of benzene rings is 1. The van der Waals surface area contributed by atoms with Crippen LogP contribution < -0.4 is 5.73 Å². The number of aromatic nitrogens is 1. The fourth-order valence-corrected chi connectivity index (χ4v) is 2.17. The molecule has 0 aliphatic heterocycles. The number of hydrogen-bond acceptors (Lipinski definition) is 3. The minimum Gasteiger partial charge on any atom is -0.453 e. The Morgan fingerprint density at radius 1 is 1.18 bits per heavy atom. The van der Waals surface area contributed by atoms with Gasteiger partial charge in [-0.1, -0.05) is 12.1 Å². The maximum Gasteiger partial charge on any atom is 0.153 e. The molecule has 0 atom stereocenters. The van der Waals surface area contributed by atoms with E-state index in [-0.39, 0.29) is 0 Å². The maximum absolute atomic E-state index is 5.77. The Bertz CT molecular complexity index is 673. The Labute approximate surface area is 106 Å². The van der Waals surface area contributed by atoms with Crippen LogP contribution in [0.3, 0.4) is 0 Å². The number of para-hydroxylation sites is 1. The number of rotatable bonds is 1. The van der Waals surface area contributed by atoms with Crippen LogP contribution in [0.4, 0.5) is 5.69 Å². The van der Waals surface area contributed by atoms with E-state index in [4.69, 9.17) is 10.2 Å². The van der Waals surface area contributed by atoms with E-state index in [2.05, 4.69) is 20.9 Å². The largest absolute Gasteiger partial charge is 0.453 e. The molecule has 3 rings (SSSR count). The molecule has 3 aromatic rings. The topological polar surface area (TPSA) is 52.0 Å². The summed E-state index contributed by atoms with van der Waals surface area (Å²) in [6.45, 7) is 0. The molecule has 0 unspecified atom stereocenters. The van der Waals surface area contributed by atoms with Gasteiger partial charge in [-0.2, -0.15) is 0 Å². The maximum atomic E-state index is 5.77. The zero-order valence-electron chi connectivity index (χ0n) is 8.85. The first kappa shape index (κ1) is 10.4. The van der Waals surface area contributed by atoms with Crippen molar-refractivity contribution in [3.8, 4) is 11.5 Å². The first-order chi connectivity index (χ1) is 8.24. The van der Waals surface area contributed by atoms with Crippen LogP contribution in [-0.4, -0.2) is 4.98 Å². The predicted molar refractivity (Wildman–Crippen MR) is 71.6 cm³/mol. The van der Waals surface area contributed by atoms with Gasteiger partial charge in [0.15, 0.2) is 5.76 Å². The number of anilines is 1. The van der Waals surface area contributed by atoms with Crippen LogP contribution in [0.25, 0.3) is 22.4 Å². The lowest BCUT2D eigenvalue weighted by atomic mass is 10.2. The summed E-state index contributed by atoms with van der Waals surface area (Å²) in [6, 6.07) is 11.6. The molecule has 2 aromatic heterocycles. The molecule has 84 valence electrons. The Hall–Kier alpha value is -1.81. The Morgan fingerprint density at radius 3 is 2.76 bits per heavy atom. The molecule has 0 radical (unpaired) electrons. The second kappa shape index (κ2) is 3.89. The van der Waals surface area contributed by atoms with Gasteiger partial charge >= 0.3 is 0 Å². The van der Waals surface area contributed by atoms with Crippen molar-refractivity contribution in [3.05, 3.63) is 47.1 Å². The van der Waals surface area contributed by atoms with Crippen molar-refractivity contribution in [1.29, 1.82) is 0 Å². The lowest BCUT2D eigenvalue weighted by Gasteiger charge is -1.96. The molecule has 0 saturated heterocycles. The van der Waals surface area contributed by atoms with E-state index < -0.39 is 0 Å². The van der Waals surface area contributed by atoms with E-state index in [1.165, 1.54) is 0 Å². The first-order valence-electron chi connectivity index (χ1n) is 5.14. The second-order valence-electron chi connectivity index (χ2n) is 3.75. The number of fused-ring (bicyclic) bond motifs is 1. The average molecular weight is 289 g/mol. The van der Waals surface area contributed by atoms with Crippen molar-refractivity contribution in [2.75, 3.05) is 5.73 Å². The van der Waals surface area contributed by atoms with Gasteiger partial charge in [-0.3, -0.25) is 4.98 Å². The summed E-state index contributed by atoms with van der Waals surface area (Å²) in [6.07, 6.45) is 1.62. The van der Waals surface area contributed by atoms with E-state index >= 15 is 0 Å². The molecule has 0 spiro atoms. The van der Waals surface area contributed by atoms with Crippen LogP contribution in [0.5, 0.6) is 0 Å². The number of nitrogens with zero attached hydrogens (tertiary/aromatic N) is 1. The number of hydrogen-bond donors (Lipinski definition) is 1. The molecule has 0 saturated carbocycles. The third-order valence-electron chi connectivity index (χ3n) is 2.53. The van der Waals surface area contributed by atoms with E-state index in [0.717, 1.165) is 26.9 Å². The smallest absolute Gasteiger partial charge is 0.153 e. The monoisotopic (exact) mass is 288 g/mol. The van der Waals surface area contributed by atoms with Gasteiger partial charge in [-0.05, 0) is 40.2 Å². The standard InChI is InChI=1S/C13H9BrN2O/c14-10-3-1-2-8-6-12(17-13(8)10)11-5-4-9(15)7-16-11/h1-7H,15H2. The highest BCUT2D eigenvalue weighted by molar-refractivity contribution is 9.10. The summed E-state index contributed by atoms with van der Waals surface area (Å²) in [4.78, 5) is 4.24. The minimum absolute atomic E-state index is 0.644. The van der Waals surface area contributed by atoms with E-state index in [1.54, 1.807) is 6.20 Å². The van der Waals surface area contributed by atoms with E-state index in [1.807, 2.05) is 36.4 Å². The summed E-state index contributed by atoms with van der Waals surface area (Å²) in [5.74, 6) is 0.742. The van der Waals surface area contributed by atoms with Crippen LogP contribution in [0.1, 0.15) is 0 Å². The third kappa shape index (κ3) is 1.80. The number of halogens is 1. The highest BCUT2D eigenvalue weighted by atomic mass is 79.9. The number of furan rings is 1. The normalized spacial score (nSPS) is 10.9. The SMILES string of the molecule is Nc1ccc(-c2cc3cccc(Br)c3o2)nc1. The quantitative estimate of drug-likeness (QED) is 0.740. The Balaban J connectivity index is 2.18. The first-order valence-corrected chi connectivity index (χ1v) is 5.93. The minimum atomic E-state index is 0.644. The molecule has 0 aliphatic carbocycles. The second-order valence-corrected chi connectivity index (χ2v) is 4.60. The van der Waals surface area contributed by atoms with Gasteiger partial charge in [0.2, 0.25) is 0 Å². The molecule has 2 heterocycles. The van der Waals surface area contributed by atoms with Gasteiger partial charge in [0.25, 0.3) is 0 Å². The average Bonchev–Trinajstić information content (AvgIpc) is 2.75. The fourth-order valence-electron chi connectivity index (χ4n) is 1.70. The molecule has 4 heteroatoms. The summed E-state index contributed by atoms with van der Waals surface area (Å²) in [5, 5.41) is 1.05. The van der Waals surface area contributed by atoms with Crippen LogP contribution in [0.2, 0.25) is 0 Å². The van der Waals surface area contributed by atoms with Gasteiger partial charge in [0.1, 0.15) is 11.3 Å². The van der Waals surface area contributed by atoms with Crippen LogP contribution >= 0.6 is 15.9 Å². The van der Waals surface area contributed by atoms with Gasteiger partial charge in [-0.25, -0.2) is 0 Å². The lowest BCUT2D eigenvalue weighted by Crippen LogP contribution is -1.86. The summed E-state index contributed by atoms with van der Waals surface area (Å²) < 4.78 is 6.72. The number of pyridine rings is 1. The van der Waals surface area contributed by atoms with Crippen molar-refractivity contribution < 1.29 is 4.42 Å². The van der Waals surface area contributed by atoms with E-state index in [0.29, 0.717) is 5.69 Å². The Kier molecular flexibility index (Phi) is 2.37. The molecule has 0 bridgehead atoms. The zero-order chi connectivity index (χ0) is 11.8. The van der Waals surface area contributed by atoms with E-state index in [9.17, 15) is 0 Å². The molecular weight excluding hydrogens is 280 g/mol. The molecule has 0 amide bonds. The molecule has 0 fully saturated rings. The Morgan fingerprint density at radius 2 is 2.06 bits per heavy atom. The molecule has 1 aromatic carbocycles. The van der Waals surface area contributed by atoms with Crippen LogP contribution in [0.15, 0.2) is 51.5 Å². The molecule has 17 heavy (non-hydrogen) atoms. The highest BCUT2D eigenvalue weighted by Crippen LogP contribution is 2.31. The predicted octanol–water partition coefficient (Wildman–Crippen LogP) is 3.84. The van der Waals surface area contributed by atoms with Crippen LogP contribution in [-0.2, 0) is 0 Å². The van der Waals surface area contributed by atoms with Crippen molar-refractivity contribution in [3.63, 3.8) is 0 Å². The van der Waals surface area contributed by atoms with Gasteiger partial charge < -0.3 is 10.2 Å². The lowest BCUT2D eigenvalue weighted by molar-refractivity contribution is 0.627. The van der Waals surface area contributed by atoms with Crippen molar-refractivity contribution >= 4 is 32.6 Å². The van der Waals surface area contributed by atoms with Crippen molar-refractivity contribution in [2.24, 2.45) is 0 Å². The summed E-state index contributed by atoms with van der Waals surface area (Å²) in [5.41, 5.74) is 7.86. The van der Waals surface area contributed by atoms with Gasteiger partial charge in [0.05, 0.1) is 16.4 Å². The van der Waals surface area contributed by atoms with Crippen LogP contribution in [0, 0.1) is 0 Å². The molecule has 2 N–H and O–H groups in total. The third-order valence-corrected chi connectivity index (χ3v) is 3.16. The highest BCUT2D eigenvalue weighted by Gasteiger charge is 2.08. The van der Waals surface area contributed by atoms with Crippen molar-refractivity contribution in [2.45, 2.75) is 0 Å². The molecular formula is C13H9BrN2O. The van der Waals surface area contributed by atoms with Gasteiger partial charge in [-0.15, -0.1) is 0 Å². The molecule has 3 nitrogen and oxygen atoms in total. The number of nitrogen functional groups attached to an aromatic ring is 1. The summed E-state index contributed by atoms with van der Waals surface area (Å²) >= 11 is 3.46. The van der Waals surface area contributed by atoms with Gasteiger partial charge in [0, 0.05) is 5.39 Å². The zero-order valence-corrected chi connectivity index (χ0v) is 10.4. The number of nitrogens with two attached hydrogens (primary N) is 1.